The van der Waals surface area contributed by atoms with E-state index in [1.54, 1.807) is 28.6 Å². The van der Waals surface area contributed by atoms with Gasteiger partial charge in [0.15, 0.2) is 0 Å². The second-order valence-electron chi connectivity index (χ2n) is 6.26. The Morgan fingerprint density at radius 3 is 2.33 bits per heavy atom. The SMILES string of the molecule is CCN(C(=O)[C@@H](C)N(C)CC(=O)Nc1ccccc1SC)c1ccccc1. The first kappa shape index (κ1) is 21.0. The van der Waals surface area contributed by atoms with Gasteiger partial charge < -0.3 is 10.2 Å². The summed E-state index contributed by atoms with van der Waals surface area (Å²) in [6.07, 6.45) is 1.97. The topological polar surface area (TPSA) is 52.7 Å². The van der Waals surface area contributed by atoms with Crippen molar-refractivity contribution in [3.8, 4) is 0 Å². The molecule has 2 aromatic rings. The third kappa shape index (κ3) is 5.58. The standard InChI is InChI=1S/C21H27N3O2S/c1-5-24(17-11-7-6-8-12-17)21(26)16(2)23(3)15-20(25)22-18-13-9-10-14-19(18)27-4/h6-14,16H,5,15H2,1-4H3,(H,22,25)/t16-/m1/s1. The van der Waals surface area contributed by atoms with Gasteiger partial charge in [0.2, 0.25) is 11.8 Å². The van der Waals surface area contributed by atoms with E-state index in [0.717, 1.165) is 16.3 Å². The highest BCUT2D eigenvalue weighted by molar-refractivity contribution is 7.98. The lowest BCUT2D eigenvalue weighted by atomic mass is 10.2. The fourth-order valence-corrected chi connectivity index (χ4v) is 3.34. The smallest absolute Gasteiger partial charge is 0.244 e. The lowest BCUT2D eigenvalue weighted by Crippen LogP contribution is -2.48. The number of amides is 2. The Hall–Kier alpha value is -2.31. The van der Waals surface area contributed by atoms with Crippen molar-refractivity contribution >= 4 is 35.0 Å². The molecular weight excluding hydrogens is 358 g/mol. The number of nitrogens with one attached hydrogen (secondary N) is 1. The van der Waals surface area contributed by atoms with Gasteiger partial charge >= 0.3 is 0 Å². The Labute approximate surface area is 165 Å². The van der Waals surface area contributed by atoms with Crippen molar-refractivity contribution in [2.24, 2.45) is 0 Å². The van der Waals surface area contributed by atoms with Crippen molar-refractivity contribution in [1.82, 2.24) is 4.90 Å². The van der Waals surface area contributed by atoms with E-state index in [-0.39, 0.29) is 18.4 Å². The molecule has 0 aliphatic carbocycles. The number of hydrogen-bond donors (Lipinski definition) is 1. The van der Waals surface area contributed by atoms with Gasteiger partial charge in [0.1, 0.15) is 0 Å². The third-order valence-electron chi connectivity index (χ3n) is 4.44. The number of nitrogens with zero attached hydrogens (tertiary/aromatic N) is 2. The van der Waals surface area contributed by atoms with Crippen molar-refractivity contribution < 1.29 is 9.59 Å². The summed E-state index contributed by atoms with van der Waals surface area (Å²) in [6.45, 7) is 4.50. The Balaban J connectivity index is 2.00. The summed E-state index contributed by atoms with van der Waals surface area (Å²) in [5.41, 5.74) is 1.66. The van der Waals surface area contributed by atoms with Crippen molar-refractivity contribution in [2.45, 2.75) is 24.8 Å². The lowest BCUT2D eigenvalue weighted by Gasteiger charge is -2.29. The van der Waals surface area contributed by atoms with Crippen LogP contribution in [0.2, 0.25) is 0 Å². The van der Waals surface area contributed by atoms with E-state index in [2.05, 4.69) is 5.32 Å². The predicted octanol–water partition coefficient (Wildman–Crippen LogP) is 3.72. The van der Waals surface area contributed by atoms with Crippen LogP contribution in [0.15, 0.2) is 59.5 Å². The van der Waals surface area contributed by atoms with Gasteiger partial charge in [-0.3, -0.25) is 14.5 Å². The maximum absolute atomic E-state index is 12.9. The fourth-order valence-electron chi connectivity index (χ4n) is 2.79. The Kier molecular flexibility index (Phi) is 7.88. The van der Waals surface area contributed by atoms with Gasteiger partial charge in [-0.05, 0) is 51.4 Å². The first-order valence-corrected chi connectivity index (χ1v) is 10.2. The van der Waals surface area contributed by atoms with Crippen LogP contribution in [0.1, 0.15) is 13.8 Å². The van der Waals surface area contributed by atoms with Gasteiger partial charge in [0, 0.05) is 17.1 Å². The zero-order chi connectivity index (χ0) is 19.8. The molecule has 0 aliphatic heterocycles. The number of benzene rings is 2. The molecule has 6 heteroatoms. The molecule has 0 fully saturated rings. The summed E-state index contributed by atoms with van der Waals surface area (Å²) in [7, 11) is 1.79. The quantitative estimate of drug-likeness (QED) is 0.704. The van der Waals surface area contributed by atoms with E-state index in [1.807, 2.05) is 74.7 Å². The number of thioether (sulfide) groups is 1. The number of anilines is 2. The number of carbonyl (C=O) groups is 2. The van der Waals surface area contributed by atoms with Crippen molar-refractivity contribution in [1.29, 1.82) is 0 Å². The molecule has 0 saturated heterocycles. The molecule has 27 heavy (non-hydrogen) atoms. The van der Waals surface area contributed by atoms with E-state index in [1.165, 1.54) is 0 Å². The van der Waals surface area contributed by atoms with E-state index < -0.39 is 6.04 Å². The van der Waals surface area contributed by atoms with Gasteiger partial charge in [-0.15, -0.1) is 11.8 Å². The number of likely N-dealkylation sites (N-methyl/N-ethyl adjacent to an activating group) is 2. The summed E-state index contributed by atoms with van der Waals surface area (Å²) >= 11 is 1.58. The molecule has 5 nitrogen and oxygen atoms in total. The first-order valence-electron chi connectivity index (χ1n) is 8.97. The van der Waals surface area contributed by atoms with Gasteiger partial charge in [-0.2, -0.15) is 0 Å². The summed E-state index contributed by atoms with van der Waals surface area (Å²) in [6, 6.07) is 16.9. The summed E-state index contributed by atoms with van der Waals surface area (Å²) < 4.78 is 0. The maximum Gasteiger partial charge on any atom is 0.244 e. The molecule has 0 bridgehead atoms. The van der Waals surface area contributed by atoms with Crippen molar-refractivity contribution in [3.05, 3.63) is 54.6 Å². The van der Waals surface area contributed by atoms with Crippen LogP contribution in [-0.4, -0.2) is 49.1 Å². The fraction of sp³-hybridized carbons (Fsp3) is 0.333. The van der Waals surface area contributed by atoms with Crippen LogP contribution in [0.4, 0.5) is 11.4 Å². The summed E-state index contributed by atoms with van der Waals surface area (Å²) in [5, 5.41) is 2.93. The molecule has 0 saturated carbocycles. The van der Waals surface area contributed by atoms with Crippen LogP contribution < -0.4 is 10.2 Å². The first-order chi connectivity index (χ1) is 13.0. The van der Waals surface area contributed by atoms with Crippen LogP contribution in [0.3, 0.4) is 0 Å². The largest absolute Gasteiger partial charge is 0.324 e. The van der Waals surface area contributed by atoms with Crippen LogP contribution in [-0.2, 0) is 9.59 Å². The zero-order valence-electron chi connectivity index (χ0n) is 16.3. The Morgan fingerprint density at radius 2 is 1.70 bits per heavy atom. The molecule has 0 aliphatic rings. The molecular formula is C21H27N3O2S. The normalized spacial score (nSPS) is 11.9. The van der Waals surface area contributed by atoms with E-state index in [4.69, 9.17) is 0 Å². The maximum atomic E-state index is 12.9. The molecule has 0 heterocycles. The summed E-state index contributed by atoms with van der Waals surface area (Å²) in [5.74, 6) is -0.162. The number of rotatable bonds is 8. The monoisotopic (exact) mass is 385 g/mol. The Bertz CT molecular complexity index is 767. The molecule has 144 valence electrons. The molecule has 1 N–H and O–H groups in total. The van der Waals surface area contributed by atoms with Gasteiger partial charge in [0.25, 0.3) is 0 Å². The minimum Gasteiger partial charge on any atom is -0.324 e. The van der Waals surface area contributed by atoms with E-state index >= 15 is 0 Å². The molecule has 2 rings (SSSR count). The highest BCUT2D eigenvalue weighted by Crippen LogP contribution is 2.24. The van der Waals surface area contributed by atoms with Gasteiger partial charge in [-0.1, -0.05) is 30.3 Å². The minimum absolute atomic E-state index is 0.0245. The Morgan fingerprint density at radius 1 is 1.07 bits per heavy atom. The predicted molar refractivity (Wildman–Crippen MR) is 113 cm³/mol. The van der Waals surface area contributed by atoms with Gasteiger partial charge in [0.05, 0.1) is 18.3 Å². The molecule has 2 amide bonds. The lowest BCUT2D eigenvalue weighted by molar-refractivity contribution is -0.124. The van der Waals surface area contributed by atoms with Crippen LogP contribution in [0, 0.1) is 0 Å². The second kappa shape index (κ2) is 10.1. The van der Waals surface area contributed by atoms with E-state index in [0.29, 0.717) is 6.54 Å². The minimum atomic E-state index is -0.410. The van der Waals surface area contributed by atoms with Gasteiger partial charge in [-0.25, -0.2) is 0 Å². The third-order valence-corrected chi connectivity index (χ3v) is 5.24. The molecule has 0 aromatic heterocycles. The van der Waals surface area contributed by atoms with Crippen molar-refractivity contribution in [3.63, 3.8) is 0 Å². The molecule has 2 aromatic carbocycles. The molecule has 1 atom stereocenters. The molecule has 0 radical (unpaired) electrons. The number of para-hydroxylation sites is 2. The van der Waals surface area contributed by atoms with Crippen LogP contribution in [0.5, 0.6) is 0 Å². The summed E-state index contributed by atoms with van der Waals surface area (Å²) in [4.78, 5) is 29.9. The zero-order valence-corrected chi connectivity index (χ0v) is 17.1. The average molecular weight is 386 g/mol. The van der Waals surface area contributed by atoms with Crippen molar-refractivity contribution in [2.75, 3.05) is 36.6 Å². The highest BCUT2D eigenvalue weighted by atomic mass is 32.2. The van der Waals surface area contributed by atoms with E-state index in [9.17, 15) is 9.59 Å². The number of carbonyl (C=O) groups excluding carboxylic acids is 2. The average Bonchev–Trinajstić information content (AvgIpc) is 2.69. The van der Waals surface area contributed by atoms with Crippen LogP contribution >= 0.6 is 11.8 Å². The van der Waals surface area contributed by atoms with Crippen LogP contribution in [0.25, 0.3) is 0 Å². The second-order valence-corrected chi connectivity index (χ2v) is 7.11. The highest BCUT2D eigenvalue weighted by Gasteiger charge is 2.25. The molecule has 0 unspecified atom stereocenters. The number of hydrogen-bond acceptors (Lipinski definition) is 4. The molecule has 0 spiro atoms.